The lowest BCUT2D eigenvalue weighted by atomic mass is 9.87. The monoisotopic (exact) mass is 999 g/mol. The van der Waals surface area contributed by atoms with Gasteiger partial charge in [0.05, 0.1) is 19.5 Å². The number of aromatic nitrogens is 4. The lowest BCUT2D eigenvalue weighted by Gasteiger charge is -2.30. The molecule has 1 fully saturated rings. The van der Waals surface area contributed by atoms with Gasteiger partial charge in [-0.05, 0) is 32.1 Å². The molecular weight excluding hydrogens is 939 g/mol. The predicted octanol–water partition coefficient (Wildman–Crippen LogP) is 3.47. The highest BCUT2D eigenvalue weighted by atomic mass is 32.2. The second kappa shape index (κ2) is 26.9. The number of anilines is 1. The third kappa shape index (κ3) is 20.3. The number of thioether (sulfide) groups is 1. The Bertz CT molecular complexity index is 2100. The van der Waals surface area contributed by atoms with Crippen LogP contribution in [0.4, 0.5) is 5.82 Å². The van der Waals surface area contributed by atoms with Crippen LogP contribution in [0.3, 0.4) is 0 Å². The molecule has 2 unspecified atom stereocenters. The fourth-order valence-electron chi connectivity index (χ4n) is 5.86. The molecule has 366 valence electrons. The van der Waals surface area contributed by atoms with Gasteiger partial charge in [-0.3, -0.25) is 32.5 Å². The number of fused-ring (bicyclic) bond motifs is 1. The number of rotatable bonds is 30. The van der Waals surface area contributed by atoms with E-state index in [0.29, 0.717) is 5.75 Å². The highest BCUT2D eigenvalue weighted by Crippen LogP contribution is 2.61. The Morgan fingerprint density at radius 3 is 2.32 bits per heavy atom. The molecule has 65 heavy (non-hydrogen) atoms. The van der Waals surface area contributed by atoms with Gasteiger partial charge in [0, 0.05) is 37.1 Å². The van der Waals surface area contributed by atoms with Crippen molar-refractivity contribution in [2.45, 2.75) is 109 Å². The van der Waals surface area contributed by atoms with Crippen LogP contribution in [-0.2, 0) is 50.7 Å². The Labute approximate surface area is 380 Å². The highest BCUT2D eigenvalue weighted by Gasteiger charge is 2.50. The van der Waals surface area contributed by atoms with Gasteiger partial charge < -0.3 is 50.9 Å². The van der Waals surface area contributed by atoms with Gasteiger partial charge in [0.1, 0.15) is 36.3 Å². The summed E-state index contributed by atoms with van der Waals surface area (Å²) >= 11 is 1.08. The van der Waals surface area contributed by atoms with Gasteiger partial charge in [-0.25, -0.2) is 28.6 Å². The summed E-state index contributed by atoms with van der Waals surface area (Å²) in [5.41, 5.74) is 4.27. The number of ether oxygens (including phenoxy) is 1. The van der Waals surface area contributed by atoms with E-state index in [1.807, 2.05) is 12.2 Å². The van der Waals surface area contributed by atoms with Crippen LogP contribution in [0, 0.1) is 5.41 Å². The molecule has 0 spiro atoms. The van der Waals surface area contributed by atoms with Gasteiger partial charge >= 0.3 is 23.5 Å². The molecule has 3 rings (SSSR count). The zero-order valence-corrected chi connectivity index (χ0v) is 39.7. The van der Waals surface area contributed by atoms with Gasteiger partial charge in [0.25, 0.3) is 0 Å². The van der Waals surface area contributed by atoms with Crippen LogP contribution in [0.25, 0.3) is 11.2 Å². The number of carbonyl (C=O) groups excluding carboxylic acids is 3. The van der Waals surface area contributed by atoms with E-state index < -0.39 is 84.6 Å². The van der Waals surface area contributed by atoms with Crippen molar-refractivity contribution >= 4 is 69.1 Å². The van der Waals surface area contributed by atoms with Crippen molar-refractivity contribution in [1.29, 1.82) is 0 Å². The number of nitrogens with zero attached hydrogens (tertiary/aromatic N) is 4. The number of hydrogen-bond acceptors (Lipinski definition) is 18. The predicted molar refractivity (Wildman–Crippen MR) is 237 cm³/mol. The maximum atomic E-state index is 12.7. The molecule has 1 aliphatic heterocycles. The van der Waals surface area contributed by atoms with Crippen molar-refractivity contribution in [3.05, 3.63) is 49.1 Å². The number of nitrogen functional groups attached to an aromatic ring is 1. The first-order valence-electron chi connectivity index (χ1n) is 20.6. The topological polar surface area (TPSA) is 364 Å². The third-order valence-electron chi connectivity index (χ3n) is 9.30. The van der Waals surface area contributed by atoms with Crippen LogP contribution in [0.15, 0.2) is 49.1 Å². The number of imidazole rings is 1. The number of phosphoric ester groups is 3. The van der Waals surface area contributed by atoms with Crippen LogP contribution in [0.2, 0.25) is 0 Å². The summed E-state index contributed by atoms with van der Waals surface area (Å²) < 4.78 is 62.3. The van der Waals surface area contributed by atoms with Crippen molar-refractivity contribution in [1.82, 2.24) is 30.2 Å². The summed E-state index contributed by atoms with van der Waals surface area (Å²) in [5.74, 6) is -1.11. The number of aliphatic hydroxyl groups excluding tert-OH is 2. The van der Waals surface area contributed by atoms with Crippen LogP contribution < -0.4 is 16.4 Å². The number of nitrogens with two attached hydrogens (primary N) is 1. The van der Waals surface area contributed by atoms with Crippen LogP contribution in [0.1, 0.15) is 84.8 Å². The van der Waals surface area contributed by atoms with E-state index >= 15 is 0 Å². The zero-order chi connectivity index (χ0) is 48.3. The van der Waals surface area contributed by atoms with Crippen molar-refractivity contribution in [3.63, 3.8) is 0 Å². The van der Waals surface area contributed by atoms with Gasteiger partial charge in [0.2, 0.25) is 11.8 Å². The van der Waals surface area contributed by atoms with E-state index in [1.165, 1.54) is 33.1 Å². The lowest BCUT2D eigenvalue weighted by Crippen LogP contribution is -2.46. The largest absolute Gasteiger partial charge is 0.481 e. The average molecular weight is 1000 g/mol. The molecule has 2 aromatic rings. The molecule has 3 heterocycles. The molecule has 24 nitrogen and oxygen atoms in total. The molecule has 10 N–H and O–H groups in total. The third-order valence-corrected chi connectivity index (χ3v) is 13.3. The normalized spacial score (nSPS) is 20.7. The van der Waals surface area contributed by atoms with Crippen molar-refractivity contribution < 1.29 is 80.5 Å². The van der Waals surface area contributed by atoms with Crippen molar-refractivity contribution in [3.8, 4) is 0 Å². The number of phosphoric acid groups is 3. The summed E-state index contributed by atoms with van der Waals surface area (Å²) in [4.78, 5) is 88.1. The highest BCUT2D eigenvalue weighted by molar-refractivity contribution is 8.13. The summed E-state index contributed by atoms with van der Waals surface area (Å²) in [7, 11) is -16.4. The van der Waals surface area contributed by atoms with E-state index in [0.717, 1.165) is 54.7 Å². The number of allylic oxidation sites excluding steroid dienone is 6. The average Bonchev–Trinajstić information content (AvgIpc) is 3.79. The first-order chi connectivity index (χ1) is 30.6. The van der Waals surface area contributed by atoms with E-state index in [1.54, 1.807) is 0 Å². The molecule has 0 bridgehead atoms. The smallest absolute Gasteiger partial charge is 0.386 e. The molecule has 2 amide bonds. The van der Waals surface area contributed by atoms with E-state index in [4.69, 9.17) is 19.5 Å². The summed E-state index contributed by atoms with van der Waals surface area (Å²) in [6, 6.07) is 0. The SMILES string of the molecule is CCCCC/C=C\C/C=C\CC/C=C/CC(=O)SCCNC(=O)CCNC(=O)[C@H](O)C(C)(C)COP(=O)(O)OP(=O)(O)OC[C@H]1O[C@@H](n2cnc3c(N)ncnc32)[C@H](O)[C@@H]1OP(=O)(O)O. The fourth-order valence-corrected chi connectivity index (χ4v) is 9.34. The molecule has 0 saturated carbocycles. The summed E-state index contributed by atoms with van der Waals surface area (Å²) in [6.07, 6.45) is 13.2. The molecule has 0 radical (unpaired) electrons. The zero-order valence-electron chi connectivity index (χ0n) is 36.2. The van der Waals surface area contributed by atoms with Crippen LogP contribution in [0.5, 0.6) is 0 Å². The van der Waals surface area contributed by atoms with Crippen molar-refractivity contribution in [2.75, 3.05) is 37.8 Å². The Hall–Kier alpha value is -3.22. The molecule has 1 saturated heterocycles. The van der Waals surface area contributed by atoms with Gasteiger partial charge in [-0.15, -0.1) is 0 Å². The van der Waals surface area contributed by atoms with Crippen LogP contribution in [-0.4, -0.2) is 123 Å². The number of amides is 2. The van der Waals surface area contributed by atoms with Crippen molar-refractivity contribution in [2.24, 2.45) is 5.41 Å². The molecule has 1 aliphatic rings. The summed E-state index contributed by atoms with van der Waals surface area (Å²) in [6.45, 7) is 2.68. The number of unbranched alkanes of at least 4 members (excludes halogenated alkanes) is 4. The number of aliphatic hydroxyl groups is 2. The maximum absolute atomic E-state index is 12.7. The minimum atomic E-state index is -5.58. The second-order valence-corrected chi connectivity index (χ2v) is 20.6. The Morgan fingerprint density at radius 1 is 0.954 bits per heavy atom. The summed E-state index contributed by atoms with van der Waals surface area (Å²) in [5, 5.41) is 26.5. The number of hydrogen-bond donors (Lipinski definition) is 9. The standard InChI is InChI=1S/C37H60N7O17P3S/c1-4-5-6-7-8-9-10-11-12-13-14-15-16-17-28(46)65-21-20-39-27(45)18-19-40-35(49)32(48)37(2,3)23-58-64(55,56)61-63(53,54)57-22-26-31(60-62(50,51)52)30(47)36(59-26)44-25-43-29-33(38)41-24-42-34(29)44/h8-9,11-12,15-16,24-26,30-32,36,47-48H,4-7,10,13-14,17-23H2,1-3H3,(H,39,45)(H,40,49)(H,53,54)(H,55,56)(H2,38,41,42)(H2,50,51,52)/b9-8-,12-11-,16-15+/t26-,30-,31-,32+,36-/m1/s1. The van der Waals surface area contributed by atoms with E-state index in [9.17, 15) is 57.9 Å². The Kier molecular flexibility index (Phi) is 23.3. The van der Waals surface area contributed by atoms with E-state index in [-0.39, 0.29) is 48.0 Å². The Morgan fingerprint density at radius 2 is 1.63 bits per heavy atom. The molecule has 7 atom stereocenters. The van der Waals surface area contributed by atoms with Gasteiger partial charge in [-0.2, -0.15) is 4.31 Å². The number of nitrogens with one attached hydrogen (secondary N) is 2. The van der Waals surface area contributed by atoms with Gasteiger partial charge in [-0.1, -0.05) is 81.8 Å². The second-order valence-electron chi connectivity index (χ2n) is 15.2. The molecular formula is C37H60N7O17P3S. The molecule has 0 aromatic carbocycles. The molecule has 2 aromatic heterocycles. The fraction of sp³-hybridized carbons (Fsp3) is 0.622. The lowest BCUT2D eigenvalue weighted by molar-refractivity contribution is -0.137. The van der Waals surface area contributed by atoms with E-state index in [2.05, 4.69) is 65.6 Å². The first-order valence-corrected chi connectivity index (χ1v) is 26.1. The minimum Gasteiger partial charge on any atom is -0.386 e. The minimum absolute atomic E-state index is 0.0304. The molecule has 0 aliphatic carbocycles. The first kappa shape index (κ1) is 56.1. The maximum Gasteiger partial charge on any atom is 0.481 e. The Balaban J connectivity index is 1.35. The molecule has 28 heteroatoms. The van der Waals surface area contributed by atoms with Crippen LogP contribution >= 0.6 is 35.2 Å². The number of carbonyl (C=O) groups is 3. The quantitative estimate of drug-likeness (QED) is 0.0307. The van der Waals surface area contributed by atoms with Gasteiger partial charge in [0.15, 0.2) is 22.8 Å².